The van der Waals surface area contributed by atoms with Crippen molar-refractivity contribution in [2.45, 2.75) is 18.0 Å². The van der Waals surface area contributed by atoms with Crippen LogP contribution >= 0.6 is 0 Å². The first-order chi connectivity index (χ1) is 5.71. The smallest absolute Gasteiger partial charge is 0.330 e. The standard InChI is InChI=1S/C5H6F5NO2/c6-3(7,4(8,9)10)5(11)12-1-2-13-5/h1-2,11H2. The molecule has 0 aromatic rings. The number of alkyl halides is 5. The van der Waals surface area contributed by atoms with E-state index < -0.39 is 18.0 Å². The molecule has 13 heavy (non-hydrogen) atoms. The molecule has 1 saturated heterocycles. The summed E-state index contributed by atoms with van der Waals surface area (Å²) in [7, 11) is 0. The molecule has 0 amide bonds. The Morgan fingerprint density at radius 1 is 1.00 bits per heavy atom. The van der Waals surface area contributed by atoms with Crippen LogP contribution in [0.3, 0.4) is 0 Å². The molecule has 0 atom stereocenters. The Kier molecular flexibility index (Phi) is 2.25. The Bertz CT molecular complexity index is 198. The molecule has 1 aliphatic rings. The summed E-state index contributed by atoms with van der Waals surface area (Å²) in [6.45, 7) is -0.773. The highest BCUT2D eigenvalue weighted by Crippen LogP contribution is 2.44. The predicted molar refractivity (Wildman–Crippen MR) is 29.8 cm³/mol. The maximum absolute atomic E-state index is 12.5. The van der Waals surface area contributed by atoms with Crippen LogP contribution < -0.4 is 5.73 Å². The Balaban J connectivity index is 2.91. The minimum absolute atomic E-state index is 0.387. The summed E-state index contributed by atoms with van der Waals surface area (Å²) in [6.07, 6.45) is -5.79. The van der Waals surface area contributed by atoms with Crippen LogP contribution in [0.1, 0.15) is 0 Å². The third-order valence-electron chi connectivity index (χ3n) is 1.51. The van der Waals surface area contributed by atoms with Gasteiger partial charge in [-0.3, -0.25) is 5.73 Å². The zero-order valence-corrected chi connectivity index (χ0v) is 6.20. The molecule has 1 fully saturated rings. The molecule has 78 valence electrons. The van der Waals surface area contributed by atoms with Crippen LogP contribution in [-0.4, -0.2) is 31.2 Å². The maximum Gasteiger partial charge on any atom is 0.460 e. The molecule has 0 aromatic carbocycles. The van der Waals surface area contributed by atoms with Crippen molar-refractivity contribution in [3.8, 4) is 0 Å². The first kappa shape index (κ1) is 10.6. The van der Waals surface area contributed by atoms with Crippen molar-refractivity contribution in [3.63, 3.8) is 0 Å². The lowest BCUT2D eigenvalue weighted by Gasteiger charge is -2.31. The molecule has 1 aliphatic heterocycles. The van der Waals surface area contributed by atoms with E-state index in [0.717, 1.165) is 0 Å². The third kappa shape index (κ3) is 1.49. The molecule has 1 rings (SSSR count). The van der Waals surface area contributed by atoms with Crippen molar-refractivity contribution in [2.75, 3.05) is 13.2 Å². The normalized spacial score (nSPS) is 23.5. The van der Waals surface area contributed by atoms with Gasteiger partial charge < -0.3 is 9.47 Å². The van der Waals surface area contributed by atoms with Crippen molar-refractivity contribution < 1.29 is 31.4 Å². The molecular formula is C5H6F5NO2. The van der Waals surface area contributed by atoms with E-state index in [1.54, 1.807) is 0 Å². The van der Waals surface area contributed by atoms with Gasteiger partial charge in [0.2, 0.25) is 0 Å². The number of nitrogens with two attached hydrogens (primary N) is 1. The van der Waals surface area contributed by atoms with Gasteiger partial charge in [-0.2, -0.15) is 22.0 Å². The quantitative estimate of drug-likeness (QED) is 0.648. The topological polar surface area (TPSA) is 44.5 Å². The third-order valence-corrected chi connectivity index (χ3v) is 1.51. The Hall–Kier alpha value is -0.470. The summed E-state index contributed by atoms with van der Waals surface area (Å²) >= 11 is 0. The second-order valence-corrected chi connectivity index (χ2v) is 2.44. The number of hydrogen-bond donors (Lipinski definition) is 1. The fourth-order valence-electron chi connectivity index (χ4n) is 0.807. The van der Waals surface area contributed by atoms with E-state index in [2.05, 4.69) is 15.2 Å². The van der Waals surface area contributed by atoms with Gasteiger partial charge in [0.25, 0.3) is 0 Å². The number of hydrogen-bond acceptors (Lipinski definition) is 3. The first-order valence-corrected chi connectivity index (χ1v) is 3.22. The largest absolute Gasteiger partial charge is 0.460 e. The fraction of sp³-hybridized carbons (Fsp3) is 1.00. The van der Waals surface area contributed by atoms with Gasteiger partial charge >= 0.3 is 18.0 Å². The average Bonchev–Trinajstić information content (AvgIpc) is 2.35. The zero-order chi connectivity index (χ0) is 10.3. The predicted octanol–water partition coefficient (Wildman–Crippen LogP) is 0.843. The van der Waals surface area contributed by atoms with E-state index in [1.807, 2.05) is 0 Å². The van der Waals surface area contributed by atoms with Crippen molar-refractivity contribution in [2.24, 2.45) is 5.73 Å². The van der Waals surface area contributed by atoms with Crippen molar-refractivity contribution in [1.82, 2.24) is 0 Å². The molecule has 0 unspecified atom stereocenters. The van der Waals surface area contributed by atoms with Gasteiger partial charge in [-0.05, 0) is 0 Å². The molecule has 0 spiro atoms. The second kappa shape index (κ2) is 2.76. The molecule has 0 bridgehead atoms. The summed E-state index contributed by atoms with van der Waals surface area (Å²) in [6, 6.07) is 0. The second-order valence-electron chi connectivity index (χ2n) is 2.44. The van der Waals surface area contributed by atoms with Gasteiger partial charge in [-0.15, -0.1) is 0 Å². The maximum atomic E-state index is 12.5. The lowest BCUT2D eigenvalue weighted by Crippen LogP contribution is -2.63. The van der Waals surface area contributed by atoms with E-state index in [9.17, 15) is 22.0 Å². The highest BCUT2D eigenvalue weighted by Gasteiger charge is 2.72. The summed E-state index contributed by atoms with van der Waals surface area (Å²) < 4.78 is 68.3. The first-order valence-electron chi connectivity index (χ1n) is 3.22. The molecule has 0 saturated carbocycles. The SMILES string of the molecule is NC1(C(F)(F)C(F)(F)F)OCCO1. The minimum atomic E-state index is -5.79. The highest BCUT2D eigenvalue weighted by molar-refractivity contribution is 4.90. The Morgan fingerprint density at radius 2 is 1.38 bits per heavy atom. The van der Waals surface area contributed by atoms with Crippen LogP contribution in [0.15, 0.2) is 0 Å². The van der Waals surface area contributed by atoms with Gasteiger partial charge in [0.15, 0.2) is 0 Å². The monoisotopic (exact) mass is 207 g/mol. The van der Waals surface area contributed by atoms with Gasteiger partial charge in [0.05, 0.1) is 13.2 Å². The van der Waals surface area contributed by atoms with E-state index in [1.165, 1.54) is 0 Å². The van der Waals surface area contributed by atoms with Crippen LogP contribution in [0.2, 0.25) is 0 Å². The van der Waals surface area contributed by atoms with Crippen LogP contribution in [-0.2, 0) is 9.47 Å². The zero-order valence-electron chi connectivity index (χ0n) is 6.20. The summed E-state index contributed by atoms with van der Waals surface area (Å²) in [5.41, 5.74) is 4.61. The molecule has 0 radical (unpaired) electrons. The number of ether oxygens (including phenoxy) is 2. The molecular weight excluding hydrogens is 201 g/mol. The van der Waals surface area contributed by atoms with E-state index in [-0.39, 0.29) is 13.2 Å². The van der Waals surface area contributed by atoms with Crippen molar-refractivity contribution >= 4 is 0 Å². The Labute approximate surface area is 69.6 Å². The number of halogens is 5. The van der Waals surface area contributed by atoms with Gasteiger partial charge in [-0.1, -0.05) is 0 Å². The van der Waals surface area contributed by atoms with Gasteiger partial charge in [0.1, 0.15) is 0 Å². The lowest BCUT2D eigenvalue weighted by molar-refractivity contribution is -0.388. The van der Waals surface area contributed by atoms with Gasteiger partial charge in [-0.25, -0.2) is 0 Å². The summed E-state index contributed by atoms with van der Waals surface area (Å²) in [4.78, 5) is 0. The van der Waals surface area contributed by atoms with Crippen LogP contribution in [0, 0.1) is 0 Å². The number of rotatable bonds is 1. The summed E-state index contributed by atoms with van der Waals surface area (Å²) in [5.74, 6) is -8.60. The molecule has 2 N–H and O–H groups in total. The summed E-state index contributed by atoms with van der Waals surface area (Å²) in [5, 5.41) is 0. The van der Waals surface area contributed by atoms with E-state index >= 15 is 0 Å². The fourth-order valence-corrected chi connectivity index (χ4v) is 0.807. The molecule has 0 aliphatic carbocycles. The van der Waals surface area contributed by atoms with Crippen LogP contribution in [0.4, 0.5) is 22.0 Å². The van der Waals surface area contributed by atoms with Crippen molar-refractivity contribution in [1.29, 1.82) is 0 Å². The molecule has 8 heteroatoms. The van der Waals surface area contributed by atoms with Crippen LogP contribution in [0.5, 0.6) is 0 Å². The average molecular weight is 207 g/mol. The molecule has 1 heterocycles. The minimum Gasteiger partial charge on any atom is -0.330 e. The van der Waals surface area contributed by atoms with Gasteiger partial charge in [0, 0.05) is 0 Å². The van der Waals surface area contributed by atoms with E-state index in [4.69, 9.17) is 0 Å². The molecule has 3 nitrogen and oxygen atoms in total. The highest BCUT2D eigenvalue weighted by atomic mass is 19.4. The van der Waals surface area contributed by atoms with E-state index in [0.29, 0.717) is 0 Å². The lowest BCUT2D eigenvalue weighted by atomic mass is 10.2. The van der Waals surface area contributed by atoms with Crippen LogP contribution in [0.25, 0.3) is 0 Å². The van der Waals surface area contributed by atoms with Crippen molar-refractivity contribution in [3.05, 3.63) is 0 Å². The molecule has 0 aromatic heterocycles. The Morgan fingerprint density at radius 3 is 1.69 bits per heavy atom.